The van der Waals surface area contributed by atoms with Crippen LogP contribution in [0.5, 0.6) is 0 Å². The molecule has 2 nitrogen and oxygen atoms in total. The third-order valence-electron chi connectivity index (χ3n) is 1.70. The van der Waals surface area contributed by atoms with E-state index < -0.39 is 5.79 Å². The Hall–Kier alpha value is -0.500. The number of hydrogen-bond acceptors (Lipinski definition) is 2. The molecule has 0 aliphatic heterocycles. The zero-order valence-corrected chi connectivity index (χ0v) is 8.34. The second-order valence-electron chi connectivity index (χ2n) is 3.22. The van der Waals surface area contributed by atoms with Gasteiger partial charge in [0.2, 0.25) is 5.79 Å². The molecule has 0 spiro atoms. The summed E-state index contributed by atoms with van der Waals surface area (Å²) in [4.78, 5) is 0. The van der Waals surface area contributed by atoms with Crippen LogP contribution >= 0.6 is 0 Å². The molecule has 0 saturated carbocycles. The van der Waals surface area contributed by atoms with Gasteiger partial charge in [-0.2, -0.15) is 0 Å². The molecule has 0 heterocycles. The van der Waals surface area contributed by atoms with Crippen LogP contribution in [0.25, 0.3) is 0 Å². The molecule has 72 valence electrons. The molecule has 0 amide bonds. The number of hydrogen-bond donors (Lipinski definition) is 1. The van der Waals surface area contributed by atoms with Crippen LogP contribution in [0, 0.1) is 0 Å². The Morgan fingerprint density at radius 1 is 1.42 bits per heavy atom. The quantitative estimate of drug-likeness (QED) is 0.379. The summed E-state index contributed by atoms with van der Waals surface area (Å²) in [6.07, 6.45) is 7.33. The highest BCUT2D eigenvalue weighted by atomic mass is 16.6. The van der Waals surface area contributed by atoms with Gasteiger partial charge in [0.05, 0.1) is 6.26 Å². The van der Waals surface area contributed by atoms with Gasteiger partial charge in [0.15, 0.2) is 0 Å². The van der Waals surface area contributed by atoms with Gasteiger partial charge in [0.25, 0.3) is 0 Å². The normalized spacial score (nSPS) is 16.3. The van der Waals surface area contributed by atoms with Crippen molar-refractivity contribution >= 4 is 0 Å². The number of ether oxygens (including phenoxy) is 1. The average molecular weight is 172 g/mol. The van der Waals surface area contributed by atoms with Crippen molar-refractivity contribution < 1.29 is 9.84 Å². The zero-order valence-electron chi connectivity index (χ0n) is 8.34. The first-order chi connectivity index (χ1) is 5.62. The molecule has 1 unspecified atom stereocenters. The molecule has 12 heavy (non-hydrogen) atoms. The maximum Gasteiger partial charge on any atom is 0.204 e. The van der Waals surface area contributed by atoms with Gasteiger partial charge in [-0.1, -0.05) is 25.8 Å². The van der Waals surface area contributed by atoms with Gasteiger partial charge in [-0.15, -0.1) is 0 Å². The van der Waals surface area contributed by atoms with Gasteiger partial charge in [0, 0.05) is 13.3 Å². The second-order valence-corrected chi connectivity index (χ2v) is 3.22. The van der Waals surface area contributed by atoms with E-state index in [9.17, 15) is 5.11 Å². The van der Waals surface area contributed by atoms with Crippen molar-refractivity contribution in [2.75, 3.05) is 0 Å². The van der Waals surface area contributed by atoms with Crippen LogP contribution in [0.2, 0.25) is 0 Å². The fraction of sp³-hybridized carbons (Fsp3) is 0.800. The molecule has 0 aromatic rings. The van der Waals surface area contributed by atoms with Crippen molar-refractivity contribution in [1.29, 1.82) is 0 Å². The van der Waals surface area contributed by atoms with Gasteiger partial charge in [-0.25, -0.2) is 0 Å². The Balaban J connectivity index is 3.55. The Labute approximate surface area is 75.2 Å². The van der Waals surface area contributed by atoms with E-state index in [1.54, 1.807) is 13.0 Å². The van der Waals surface area contributed by atoms with Crippen molar-refractivity contribution in [3.05, 3.63) is 12.3 Å². The maximum atomic E-state index is 9.60. The summed E-state index contributed by atoms with van der Waals surface area (Å²) in [6.45, 7) is 5.70. The molecule has 0 aromatic heterocycles. The Bertz CT molecular complexity index is 128. The lowest BCUT2D eigenvalue weighted by atomic mass is 10.1. The molecule has 1 atom stereocenters. The zero-order chi connectivity index (χ0) is 9.45. The molecule has 0 radical (unpaired) electrons. The first-order valence-electron chi connectivity index (χ1n) is 4.63. The largest absolute Gasteiger partial charge is 0.471 e. The number of allylic oxidation sites excluding steroid dienone is 1. The summed E-state index contributed by atoms with van der Waals surface area (Å²) in [7, 11) is 0. The first kappa shape index (κ1) is 11.5. The fourth-order valence-corrected chi connectivity index (χ4v) is 0.977. The highest BCUT2D eigenvalue weighted by molar-refractivity contribution is 4.70. The van der Waals surface area contributed by atoms with Gasteiger partial charge in [-0.3, -0.25) is 0 Å². The van der Waals surface area contributed by atoms with Crippen LogP contribution in [-0.2, 0) is 4.74 Å². The Morgan fingerprint density at radius 2 is 2.08 bits per heavy atom. The minimum Gasteiger partial charge on any atom is -0.471 e. The van der Waals surface area contributed by atoms with E-state index in [0.29, 0.717) is 6.42 Å². The number of rotatable bonds is 6. The SMILES string of the molecule is CC=COC(C)(O)CCCCC. The molecule has 0 saturated heterocycles. The summed E-state index contributed by atoms with van der Waals surface area (Å²) in [5, 5.41) is 9.60. The topological polar surface area (TPSA) is 29.5 Å². The molecule has 2 heteroatoms. The van der Waals surface area contributed by atoms with Crippen molar-refractivity contribution in [1.82, 2.24) is 0 Å². The van der Waals surface area contributed by atoms with Crippen LogP contribution in [0.1, 0.15) is 46.5 Å². The lowest BCUT2D eigenvalue weighted by molar-refractivity contribution is -0.157. The van der Waals surface area contributed by atoms with E-state index in [0.717, 1.165) is 12.8 Å². The molecule has 1 N–H and O–H groups in total. The van der Waals surface area contributed by atoms with Gasteiger partial charge in [-0.05, 0) is 13.3 Å². The monoisotopic (exact) mass is 172 g/mol. The highest BCUT2D eigenvalue weighted by Gasteiger charge is 2.18. The molecular weight excluding hydrogens is 152 g/mol. The maximum absolute atomic E-state index is 9.60. The lowest BCUT2D eigenvalue weighted by Crippen LogP contribution is -2.25. The predicted octanol–water partition coefficient (Wildman–Crippen LogP) is 2.83. The molecule has 0 bridgehead atoms. The molecular formula is C10H20O2. The molecule has 0 fully saturated rings. The predicted molar refractivity (Wildman–Crippen MR) is 50.7 cm³/mol. The standard InChI is InChI=1S/C10H20O2/c1-4-6-7-8-10(3,11)12-9-5-2/h5,9,11H,4,6-8H2,1-3H3. The Morgan fingerprint density at radius 3 is 2.58 bits per heavy atom. The van der Waals surface area contributed by atoms with Crippen molar-refractivity contribution in [3.8, 4) is 0 Å². The van der Waals surface area contributed by atoms with Crippen LogP contribution in [0.3, 0.4) is 0 Å². The smallest absolute Gasteiger partial charge is 0.204 e. The van der Waals surface area contributed by atoms with Crippen molar-refractivity contribution in [2.45, 2.75) is 52.2 Å². The van der Waals surface area contributed by atoms with Crippen LogP contribution in [0.4, 0.5) is 0 Å². The van der Waals surface area contributed by atoms with E-state index in [-0.39, 0.29) is 0 Å². The molecule has 0 aromatic carbocycles. The van der Waals surface area contributed by atoms with E-state index in [1.165, 1.54) is 12.7 Å². The molecule has 0 aliphatic rings. The van der Waals surface area contributed by atoms with Crippen molar-refractivity contribution in [2.24, 2.45) is 0 Å². The van der Waals surface area contributed by atoms with E-state index >= 15 is 0 Å². The lowest BCUT2D eigenvalue weighted by Gasteiger charge is -2.22. The average Bonchev–Trinajstić information content (AvgIpc) is 2.01. The van der Waals surface area contributed by atoms with E-state index in [4.69, 9.17) is 4.74 Å². The first-order valence-corrected chi connectivity index (χ1v) is 4.63. The second kappa shape index (κ2) is 6.06. The summed E-state index contributed by atoms with van der Waals surface area (Å²) in [5.74, 6) is -0.984. The van der Waals surface area contributed by atoms with E-state index in [2.05, 4.69) is 6.92 Å². The number of unbranched alkanes of at least 4 members (excludes halogenated alkanes) is 2. The molecule has 0 aliphatic carbocycles. The summed E-state index contributed by atoms with van der Waals surface area (Å²) in [5.41, 5.74) is 0. The number of aliphatic hydroxyl groups is 1. The minimum absolute atomic E-state index is 0.700. The van der Waals surface area contributed by atoms with Gasteiger partial charge >= 0.3 is 0 Å². The fourth-order valence-electron chi connectivity index (χ4n) is 0.977. The summed E-state index contributed by atoms with van der Waals surface area (Å²) >= 11 is 0. The van der Waals surface area contributed by atoms with E-state index in [1.807, 2.05) is 6.92 Å². The molecule has 0 rings (SSSR count). The minimum atomic E-state index is -0.984. The van der Waals surface area contributed by atoms with Gasteiger partial charge < -0.3 is 9.84 Å². The summed E-state index contributed by atoms with van der Waals surface area (Å²) in [6, 6.07) is 0. The third-order valence-corrected chi connectivity index (χ3v) is 1.70. The van der Waals surface area contributed by atoms with Crippen molar-refractivity contribution in [3.63, 3.8) is 0 Å². The van der Waals surface area contributed by atoms with Crippen LogP contribution in [0.15, 0.2) is 12.3 Å². The Kier molecular flexibility index (Phi) is 5.81. The van der Waals surface area contributed by atoms with Gasteiger partial charge in [0.1, 0.15) is 0 Å². The third kappa shape index (κ3) is 6.23. The summed E-state index contributed by atoms with van der Waals surface area (Å²) < 4.78 is 5.10. The highest BCUT2D eigenvalue weighted by Crippen LogP contribution is 2.16. The van der Waals surface area contributed by atoms with Crippen LogP contribution < -0.4 is 0 Å². The van der Waals surface area contributed by atoms with Crippen LogP contribution in [-0.4, -0.2) is 10.9 Å².